The predicted molar refractivity (Wildman–Crippen MR) is 85.7 cm³/mol. The molecule has 0 bridgehead atoms. The lowest BCUT2D eigenvalue weighted by atomic mass is 10.1. The summed E-state index contributed by atoms with van der Waals surface area (Å²) >= 11 is 3.41. The molecule has 4 nitrogen and oxygen atoms in total. The number of rotatable bonds is 3. The number of hydrogen-bond acceptors (Lipinski definition) is 4. The molecule has 0 saturated carbocycles. The maximum atomic E-state index is 8.16. The summed E-state index contributed by atoms with van der Waals surface area (Å²) in [6.07, 6.45) is 1.64. The van der Waals surface area contributed by atoms with E-state index in [9.17, 15) is 0 Å². The molecule has 2 aromatic carbocycles. The molecule has 3 N–H and O–H groups in total. The van der Waals surface area contributed by atoms with Gasteiger partial charge in [-0.15, -0.1) is 0 Å². The monoisotopic (exact) mass is 344 g/mol. The highest BCUT2D eigenvalue weighted by Crippen LogP contribution is 2.32. The van der Waals surface area contributed by atoms with Gasteiger partial charge < -0.3 is 20.6 Å². The molecule has 1 aliphatic rings. The van der Waals surface area contributed by atoms with Gasteiger partial charge in [0.05, 0.1) is 5.71 Å². The first-order valence-corrected chi connectivity index (χ1v) is 7.14. The maximum Gasteiger partial charge on any atom is 0.231 e. The molecule has 0 atom stereocenters. The molecule has 1 aliphatic heterocycles. The Morgan fingerprint density at radius 1 is 1.10 bits per heavy atom. The third kappa shape index (κ3) is 2.92. The van der Waals surface area contributed by atoms with Gasteiger partial charge in [-0.3, -0.25) is 0 Å². The first-order chi connectivity index (χ1) is 10.1. The van der Waals surface area contributed by atoms with Gasteiger partial charge in [-0.1, -0.05) is 28.1 Å². The number of ether oxygens (including phenoxy) is 2. The van der Waals surface area contributed by atoms with Crippen molar-refractivity contribution in [3.63, 3.8) is 0 Å². The van der Waals surface area contributed by atoms with Gasteiger partial charge in [0.25, 0.3) is 0 Å². The minimum Gasteiger partial charge on any atom is -0.454 e. The molecule has 0 aliphatic carbocycles. The Bertz CT molecular complexity index is 741. The molecule has 0 aromatic heterocycles. The molecular formula is C16H13BrN2O2. The fourth-order valence-corrected chi connectivity index (χ4v) is 2.45. The Hall–Kier alpha value is -2.27. The van der Waals surface area contributed by atoms with Crippen LogP contribution in [0.15, 0.2) is 53.0 Å². The topological polar surface area (TPSA) is 68.3 Å². The van der Waals surface area contributed by atoms with Crippen molar-refractivity contribution in [2.45, 2.75) is 0 Å². The number of nitrogens with one attached hydrogen (secondary N) is 1. The Morgan fingerprint density at radius 3 is 2.71 bits per heavy atom. The highest BCUT2D eigenvalue weighted by Gasteiger charge is 2.14. The van der Waals surface area contributed by atoms with E-state index in [1.165, 1.54) is 0 Å². The van der Waals surface area contributed by atoms with Crippen molar-refractivity contribution in [3.8, 4) is 11.5 Å². The van der Waals surface area contributed by atoms with Crippen molar-refractivity contribution in [2.24, 2.45) is 5.73 Å². The lowest BCUT2D eigenvalue weighted by molar-refractivity contribution is 0.174. The number of halogens is 1. The largest absolute Gasteiger partial charge is 0.454 e. The summed E-state index contributed by atoms with van der Waals surface area (Å²) in [6, 6.07) is 13.1. The predicted octanol–water partition coefficient (Wildman–Crippen LogP) is 3.55. The van der Waals surface area contributed by atoms with Gasteiger partial charge in [0, 0.05) is 15.7 Å². The molecule has 5 heteroatoms. The van der Waals surface area contributed by atoms with E-state index in [1.54, 1.807) is 18.2 Å². The number of benzene rings is 2. The van der Waals surface area contributed by atoms with E-state index >= 15 is 0 Å². The molecule has 106 valence electrons. The Kier molecular flexibility index (Phi) is 3.66. The molecular weight excluding hydrogens is 332 g/mol. The number of hydrogen-bond donors (Lipinski definition) is 2. The third-order valence-corrected chi connectivity index (χ3v) is 3.63. The molecule has 0 spiro atoms. The van der Waals surface area contributed by atoms with Crippen LogP contribution < -0.4 is 15.2 Å². The van der Waals surface area contributed by atoms with Crippen LogP contribution in [0.25, 0.3) is 5.70 Å². The van der Waals surface area contributed by atoms with E-state index in [2.05, 4.69) is 15.9 Å². The highest BCUT2D eigenvalue weighted by molar-refractivity contribution is 9.10. The number of fused-ring (bicyclic) bond motifs is 1. The quantitative estimate of drug-likeness (QED) is 0.836. The van der Waals surface area contributed by atoms with E-state index < -0.39 is 0 Å². The zero-order chi connectivity index (χ0) is 14.8. The average molecular weight is 345 g/mol. The summed E-state index contributed by atoms with van der Waals surface area (Å²) < 4.78 is 11.5. The minimum atomic E-state index is 0.224. The van der Waals surface area contributed by atoms with Gasteiger partial charge in [0.2, 0.25) is 6.79 Å². The number of nitrogens with two attached hydrogens (primary N) is 1. The zero-order valence-electron chi connectivity index (χ0n) is 11.1. The molecule has 1 heterocycles. The van der Waals surface area contributed by atoms with Gasteiger partial charge >= 0.3 is 0 Å². The summed E-state index contributed by atoms with van der Waals surface area (Å²) in [5.74, 6) is 1.36. The van der Waals surface area contributed by atoms with Crippen LogP contribution in [0, 0.1) is 5.41 Å². The average Bonchev–Trinajstić information content (AvgIpc) is 2.94. The Labute approximate surface area is 130 Å². The van der Waals surface area contributed by atoms with E-state index in [0.29, 0.717) is 22.9 Å². The van der Waals surface area contributed by atoms with Gasteiger partial charge in [-0.2, -0.15) is 0 Å². The van der Waals surface area contributed by atoms with Crippen molar-refractivity contribution in [1.82, 2.24) is 0 Å². The minimum absolute atomic E-state index is 0.224. The van der Waals surface area contributed by atoms with Crippen LogP contribution in [0.3, 0.4) is 0 Å². The fourth-order valence-electron chi connectivity index (χ4n) is 2.05. The smallest absolute Gasteiger partial charge is 0.231 e. The summed E-state index contributed by atoms with van der Waals surface area (Å²) in [5.41, 5.74) is 8.53. The van der Waals surface area contributed by atoms with Crippen LogP contribution in [0.2, 0.25) is 0 Å². The lowest BCUT2D eigenvalue weighted by Gasteiger charge is -2.05. The first kappa shape index (κ1) is 13.7. The highest BCUT2D eigenvalue weighted by atomic mass is 79.9. The zero-order valence-corrected chi connectivity index (χ0v) is 12.7. The fraction of sp³-hybridized carbons (Fsp3) is 0.0625. The molecule has 0 radical (unpaired) electrons. The second-order valence-corrected chi connectivity index (χ2v) is 5.51. The molecule has 2 aromatic rings. The summed E-state index contributed by atoms with van der Waals surface area (Å²) in [4.78, 5) is 0. The second-order valence-electron chi connectivity index (χ2n) is 4.59. The van der Waals surface area contributed by atoms with Gasteiger partial charge in [0.1, 0.15) is 0 Å². The molecule has 0 unspecified atom stereocenters. The lowest BCUT2D eigenvalue weighted by Crippen LogP contribution is -2.02. The van der Waals surface area contributed by atoms with E-state index in [4.69, 9.17) is 20.6 Å². The van der Waals surface area contributed by atoms with Crippen LogP contribution in [0.5, 0.6) is 11.5 Å². The SMILES string of the molecule is N=C(/C=C(\N)c1cccc(Br)c1)c1ccc2c(c1)OCO2. The molecule has 3 rings (SSSR count). The summed E-state index contributed by atoms with van der Waals surface area (Å²) in [6.45, 7) is 0.224. The van der Waals surface area contributed by atoms with Crippen molar-refractivity contribution < 1.29 is 9.47 Å². The van der Waals surface area contributed by atoms with E-state index in [1.807, 2.05) is 30.3 Å². The molecule has 21 heavy (non-hydrogen) atoms. The molecule has 0 amide bonds. The second kappa shape index (κ2) is 5.61. The van der Waals surface area contributed by atoms with E-state index in [-0.39, 0.29) is 6.79 Å². The van der Waals surface area contributed by atoms with Crippen molar-refractivity contribution in [2.75, 3.05) is 6.79 Å². The van der Waals surface area contributed by atoms with Crippen LogP contribution in [0.4, 0.5) is 0 Å². The normalized spacial score (nSPS) is 13.3. The molecule has 0 saturated heterocycles. The Balaban J connectivity index is 1.87. The van der Waals surface area contributed by atoms with E-state index in [0.717, 1.165) is 15.6 Å². The number of allylic oxidation sites excluding steroid dienone is 1. The van der Waals surface area contributed by atoms with Crippen LogP contribution in [-0.4, -0.2) is 12.5 Å². The van der Waals surface area contributed by atoms with Gasteiger partial charge in [0.15, 0.2) is 11.5 Å². The maximum absolute atomic E-state index is 8.16. The van der Waals surface area contributed by atoms with Crippen LogP contribution >= 0.6 is 15.9 Å². The van der Waals surface area contributed by atoms with Crippen LogP contribution in [-0.2, 0) is 0 Å². The van der Waals surface area contributed by atoms with Crippen molar-refractivity contribution in [1.29, 1.82) is 5.41 Å². The van der Waals surface area contributed by atoms with Crippen molar-refractivity contribution in [3.05, 3.63) is 64.1 Å². The third-order valence-electron chi connectivity index (χ3n) is 3.14. The van der Waals surface area contributed by atoms with Gasteiger partial charge in [-0.05, 0) is 42.0 Å². The summed E-state index contributed by atoms with van der Waals surface area (Å²) in [5, 5.41) is 8.16. The van der Waals surface area contributed by atoms with Gasteiger partial charge in [-0.25, -0.2) is 0 Å². The molecule has 0 fully saturated rings. The first-order valence-electron chi connectivity index (χ1n) is 6.35. The van der Waals surface area contributed by atoms with Crippen LogP contribution in [0.1, 0.15) is 11.1 Å². The van der Waals surface area contributed by atoms with Crippen molar-refractivity contribution >= 4 is 27.3 Å². The summed E-state index contributed by atoms with van der Waals surface area (Å²) in [7, 11) is 0. The standard InChI is InChI=1S/C16H13BrN2O2/c17-12-3-1-2-10(6-12)13(18)8-14(19)11-4-5-15-16(7-11)21-9-20-15/h1-8,19H,9,18H2/b13-8-,19-14?. The Morgan fingerprint density at radius 2 is 1.90 bits per heavy atom.